The molecule has 22 heavy (non-hydrogen) atoms. The van der Waals surface area contributed by atoms with E-state index in [1.165, 1.54) is 0 Å². The Bertz CT molecular complexity index is 700. The molecule has 2 nitrogen and oxygen atoms in total. The molecule has 0 unspecified atom stereocenters. The van der Waals surface area contributed by atoms with Gasteiger partial charge in [0, 0.05) is 11.8 Å². The SMILES string of the molecule is Cc1cc(C)cc(NC(=S)Nc2c(F)c(F)cc(F)c2F)c1. The first-order valence-electron chi connectivity index (χ1n) is 6.27. The zero-order chi connectivity index (χ0) is 16.4. The summed E-state index contributed by atoms with van der Waals surface area (Å²) in [5.41, 5.74) is 1.53. The number of hydrogen-bond acceptors (Lipinski definition) is 1. The van der Waals surface area contributed by atoms with Crippen molar-refractivity contribution in [3.8, 4) is 0 Å². The van der Waals surface area contributed by atoms with E-state index in [0.29, 0.717) is 5.69 Å². The molecule has 0 bridgehead atoms. The highest BCUT2D eigenvalue weighted by atomic mass is 32.1. The molecule has 0 aromatic heterocycles. The third kappa shape index (κ3) is 3.54. The minimum atomic E-state index is -1.54. The van der Waals surface area contributed by atoms with E-state index in [0.717, 1.165) is 11.1 Å². The zero-order valence-corrected chi connectivity index (χ0v) is 12.5. The van der Waals surface area contributed by atoms with Crippen molar-refractivity contribution in [1.29, 1.82) is 0 Å². The molecule has 0 heterocycles. The maximum atomic E-state index is 13.5. The predicted octanol–water partition coefficient (Wildman–Crippen LogP) is 4.67. The summed E-state index contributed by atoms with van der Waals surface area (Å²) < 4.78 is 53.3. The van der Waals surface area contributed by atoms with E-state index in [2.05, 4.69) is 10.6 Å². The van der Waals surface area contributed by atoms with Crippen LogP contribution in [-0.4, -0.2) is 5.11 Å². The summed E-state index contributed by atoms with van der Waals surface area (Å²) in [7, 11) is 0. The fourth-order valence-electron chi connectivity index (χ4n) is 2.01. The minimum Gasteiger partial charge on any atom is -0.332 e. The molecule has 2 N–H and O–H groups in total. The van der Waals surface area contributed by atoms with Gasteiger partial charge in [-0.25, -0.2) is 17.6 Å². The number of aryl methyl sites for hydroxylation is 2. The number of halogens is 4. The lowest BCUT2D eigenvalue weighted by atomic mass is 10.1. The van der Waals surface area contributed by atoms with Crippen molar-refractivity contribution < 1.29 is 17.6 Å². The van der Waals surface area contributed by atoms with Crippen molar-refractivity contribution >= 4 is 28.7 Å². The molecule has 0 saturated heterocycles. The molecule has 0 aliphatic carbocycles. The van der Waals surface area contributed by atoms with Crippen LogP contribution in [0.5, 0.6) is 0 Å². The minimum absolute atomic E-state index is 0.135. The van der Waals surface area contributed by atoms with E-state index < -0.39 is 29.0 Å². The van der Waals surface area contributed by atoms with Gasteiger partial charge in [-0.1, -0.05) is 6.07 Å². The highest BCUT2D eigenvalue weighted by Gasteiger charge is 2.19. The molecular formula is C15H12F4N2S. The molecule has 0 fully saturated rings. The number of hydrogen-bond donors (Lipinski definition) is 2. The molecule has 7 heteroatoms. The first-order chi connectivity index (χ1) is 10.3. The Morgan fingerprint density at radius 3 is 1.82 bits per heavy atom. The maximum Gasteiger partial charge on any atom is 0.185 e. The van der Waals surface area contributed by atoms with Gasteiger partial charge in [0.1, 0.15) is 5.69 Å². The third-order valence-electron chi connectivity index (χ3n) is 2.83. The van der Waals surface area contributed by atoms with Crippen LogP contribution in [0.1, 0.15) is 11.1 Å². The van der Waals surface area contributed by atoms with Gasteiger partial charge in [0.05, 0.1) is 0 Å². The first kappa shape index (κ1) is 16.2. The van der Waals surface area contributed by atoms with Crippen LogP contribution in [-0.2, 0) is 0 Å². The molecule has 0 spiro atoms. The topological polar surface area (TPSA) is 24.1 Å². The molecule has 0 saturated carbocycles. The normalized spacial score (nSPS) is 10.5. The number of anilines is 2. The van der Waals surface area contributed by atoms with Gasteiger partial charge in [0.25, 0.3) is 0 Å². The summed E-state index contributed by atoms with van der Waals surface area (Å²) >= 11 is 4.91. The van der Waals surface area contributed by atoms with Gasteiger partial charge in [-0.05, 0) is 49.3 Å². The fourth-order valence-corrected chi connectivity index (χ4v) is 2.23. The highest BCUT2D eigenvalue weighted by molar-refractivity contribution is 7.80. The molecule has 0 aliphatic heterocycles. The summed E-state index contributed by atoms with van der Waals surface area (Å²) in [5, 5.41) is 4.66. The molecule has 0 radical (unpaired) electrons. The van der Waals surface area contributed by atoms with Gasteiger partial charge >= 0.3 is 0 Å². The maximum absolute atomic E-state index is 13.5. The molecule has 0 amide bonds. The summed E-state index contributed by atoms with van der Waals surface area (Å²) in [5.74, 6) is -6.09. The standard InChI is InChI=1S/C15H12F4N2S/c1-7-3-8(2)5-9(4-7)20-15(22)21-14-12(18)10(16)6-11(17)13(14)19/h3-6H,1-2H3,(H2,20,21,22). The van der Waals surface area contributed by atoms with E-state index in [1.54, 1.807) is 12.1 Å². The number of nitrogens with one attached hydrogen (secondary N) is 2. The van der Waals surface area contributed by atoms with E-state index in [1.807, 2.05) is 19.9 Å². The molecule has 2 rings (SSSR count). The Morgan fingerprint density at radius 2 is 1.32 bits per heavy atom. The van der Waals surface area contributed by atoms with E-state index in [9.17, 15) is 17.6 Å². The van der Waals surface area contributed by atoms with Crippen molar-refractivity contribution in [1.82, 2.24) is 0 Å². The van der Waals surface area contributed by atoms with Crippen LogP contribution in [0.3, 0.4) is 0 Å². The Morgan fingerprint density at radius 1 is 0.818 bits per heavy atom. The average molecular weight is 328 g/mol. The molecule has 0 aliphatic rings. The van der Waals surface area contributed by atoms with Crippen LogP contribution < -0.4 is 10.6 Å². The molecular weight excluding hydrogens is 316 g/mol. The second-order valence-corrected chi connectivity index (χ2v) is 5.21. The Labute approximate surface area is 130 Å². The Hall–Kier alpha value is -2.15. The number of benzene rings is 2. The summed E-state index contributed by atoms with van der Waals surface area (Å²) in [4.78, 5) is 0. The molecule has 116 valence electrons. The lowest BCUT2D eigenvalue weighted by Gasteiger charge is -2.13. The Kier molecular flexibility index (Phi) is 4.65. The highest BCUT2D eigenvalue weighted by Crippen LogP contribution is 2.24. The summed E-state index contributed by atoms with van der Waals surface area (Å²) in [6.45, 7) is 3.74. The average Bonchev–Trinajstić information content (AvgIpc) is 2.40. The van der Waals surface area contributed by atoms with Crippen LogP contribution in [0.2, 0.25) is 0 Å². The third-order valence-corrected chi connectivity index (χ3v) is 3.03. The van der Waals surface area contributed by atoms with Crippen molar-refractivity contribution in [2.45, 2.75) is 13.8 Å². The number of rotatable bonds is 2. The van der Waals surface area contributed by atoms with E-state index >= 15 is 0 Å². The predicted molar refractivity (Wildman–Crippen MR) is 82.0 cm³/mol. The lowest BCUT2D eigenvalue weighted by molar-refractivity contribution is 0.459. The van der Waals surface area contributed by atoms with Gasteiger partial charge < -0.3 is 10.6 Å². The van der Waals surface area contributed by atoms with Gasteiger partial charge in [-0.15, -0.1) is 0 Å². The molecule has 2 aromatic rings. The second kappa shape index (κ2) is 6.31. The van der Waals surface area contributed by atoms with E-state index in [-0.39, 0.29) is 11.2 Å². The molecule has 0 atom stereocenters. The Balaban J connectivity index is 2.23. The lowest BCUT2D eigenvalue weighted by Crippen LogP contribution is -2.21. The monoisotopic (exact) mass is 328 g/mol. The van der Waals surface area contributed by atoms with Crippen molar-refractivity contribution in [2.75, 3.05) is 10.6 Å². The van der Waals surface area contributed by atoms with Crippen LogP contribution in [0, 0.1) is 37.1 Å². The van der Waals surface area contributed by atoms with Crippen molar-refractivity contribution in [2.24, 2.45) is 0 Å². The van der Waals surface area contributed by atoms with Gasteiger partial charge in [0.2, 0.25) is 0 Å². The van der Waals surface area contributed by atoms with Crippen LogP contribution in [0.4, 0.5) is 28.9 Å². The molecule has 2 aromatic carbocycles. The number of thiocarbonyl (C=S) groups is 1. The van der Waals surface area contributed by atoms with Crippen LogP contribution in [0.15, 0.2) is 24.3 Å². The van der Waals surface area contributed by atoms with Crippen LogP contribution >= 0.6 is 12.2 Å². The summed E-state index contributed by atoms with van der Waals surface area (Å²) in [6.07, 6.45) is 0. The van der Waals surface area contributed by atoms with Gasteiger partial charge in [-0.3, -0.25) is 0 Å². The van der Waals surface area contributed by atoms with Crippen molar-refractivity contribution in [3.05, 3.63) is 58.7 Å². The zero-order valence-electron chi connectivity index (χ0n) is 11.7. The fraction of sp³-hybridized carbons (Fsp3) is 0.133. The van der Waals surface area contributed by atoms with E-state index in [4.69, 9.17) is 12.2 Å². The second-order valence-electron chi connectivity index (χ2n) is 4.80. The van der Waals surface area contributed by atoms with Gasteiger partial charge in [0.15, 0.2) is 28.4 Å². The van der Waals surface area contributed by atoms with Gasteiger partial charge in [-0.2, -0.15) is 0 Å². The smallest absolute Gasteiger partial charge is 0.185 e. The quantitative estimate of drug-likeness (QED) is 0.476. The summed E-state index contributed by atoms with van der Waals surface area (Å²) in [6, 6.07) is 5.60. The van der Waals surface area contributed by atoms with Crippen LogP contribution in [0.25, 0.3) is 0 Å². The first-order valence-corrected chi connectivity index (χ1v) is 6.68. The largest absolute Gasteiger partial charge is 0.332 e. The van der Waals surface area contributed by atoms with Crippen molar-refractivity contribution in [3.63, 3.8) is 0 Å².